The molecule has 15 nitrogen and oxygen atoms in total. The molecule has 54 heavy (non-hydrogen) atoms. The molecule has 0 aromatic rings. The zero-order chi connectivity index (χ0) is 39.7. The van der Waals surface area contributed by atoms with Gasteiger partial charge in [0.2, 0.25) is 18.1 Å². The largest absolute Gasteiger partial charge is 0.446 e. The smallest absolute Gasteiger partial charge is 0.331 e. The first-order chi connectivity index (χ1) is 25.5. The quantitative estimate of drug-likeness (QED) is 0.313. The fourth-order valence-electron chi connectivity index (χ4n) is 8.83. The van der Waals surface area contributed by atoms with Crippen LogP contribution in [0.5, 0.6) is 0 Å². The van der Waals surface area contributed by atoms with Gasteiger partial charge in [-0.15, -0.1) is 0 Å². The molecule has 0 aromatic heterocycles. The van der Waals surface area contributed by atoms with E-state index in [-0.39, 0.29) is 36.2 Å². The second-order valence-electron chi connectivity index (χ2n) is 15.6. The minimum absolute atomic E-state index is 0.0509. The Morgan fingerprint density at radius 3 is 1.26 bits per heavy atom. The maximum absolute atomic E-state index is 12.3. The van der Waals surface area contributed by atoms with E-state index in [4.69, 9.17) is 17.9 Å². The Morgan fingerprint density at radius 1 is 0.685 bits per heavy atom. The number of alkyl halides is 3. The predicted molar refractivity (Wildman–Crippen MR) is 192 cm³/mol. The van der Waals surface area contributed by atoms with Crippen LogP contribution < -0.4 is 10.6 Å². The van der Waals surface area contributed by atoms with Crippen molar-refractivity contribution in [3.8, 4) is 0 Å². The molecular formula is C36H55F3N10O5. The van der Waals surface area contributed by atoms with Crippen molar-refractivity contribution in [2.24, 2.45) is 23.7 Å². The number of nitrogens with one attached hydrogen (secondary N) is 2. The maximum Gasteiger partial charge on any atom is 0.446 e. The number of rotatable bonds is 6. The van der Waals surface area contributed by atoms with Gasteiger partial charge in [0.15, 0.2) is 0 Å². The molecular weight excluding hydrogens is 709 g/mol. The topological polar surface area (TPSA) is 138 Å². The molecule has 0 bridgehead atoms. The standard InChI is InChI=1S/2C17H27N5O2.C2HF3O/c2*1-18-15-5-4-6-22(15)16(23)9-19-14-7-12-10-21(11-13(12)8-14)17(24)20(2)3;3-2(4,5)1-6/h2*12-15,19H,4-11H2,2-3H3;1H/t2*12-,13+,14?,15-;/m00./s1. The van der Waals surface area contributed by atoms with Gasteiger partial charge in [0, 0.05) is 92.4 Å². The highest BCUT2D eigenvalue weighted by atomic mass is 19.4. The number of halogens is 3. The molecule has 0 aromatic carbocycles. The highest BCUT2D eigenvalue weighted by Crippen LogP contribution is 2.39. The van der Waals surface area contributed by atoms with Gasteiger partial charge < -0.3 is 30.2 Å². The predicted octanol–water partition coefficient (Wildman–Crippen LogP) is 2.42. The first kappa shape index (κ1) is 42.6. The van der Waals surface area contributed by atoms with Gasteiger partial charge in [0.1, 0.15) is 0 Å². The van der Waals surface area contributed by atoms with Gasteiger partial charge >= 0.3 is 30.6 Å². The van der Waals surface area contributed by atoms with Crippen LogP contribution in [-0.4, -0.2) is 171 Å². The third kappa shape index (κ3) is 11.2. The Balaban J connectivity index is 0.000000209. The van der Waals surface area contributed by atoms with E-state index in [0.717, 1.165) is 77.5 Å². The Bertz CT molecular complexity index is 1310. The van der Waals surface area contributed by atoms with Crippen LogP contribution in [0.3, 0.4) is 0 Å². The highest BCUT2D eigenvalue weighted by Gasteiger charge is 2.44. The lowest BCUT2D eigenvalue weighted by atomic mass is 10.0. The number of carbonyl (C=O) groups excluding carboxylic acids is 5. The zero-order valence-electron chi connectivity index (χ0n) is 31.8. The Labute approximate surface area is 316 Å². The third-order valence-electron chi connectivity index (χ3n) is 11.4. The van der Waals surface area contributed by atoms with Crippen LogP contribution in [0.4, 0.5) is 22.8 Å². The first-order valence-electron chi connectivity index (χ1n) is 18.8. The molecule has 4 heterocycles. The fourth-order valence-corrected chi connectivity index (χ4v) is 8.83. The SMILES string of the molecule is O=CC(F)(F)F.[C-]#[N+][C@@H]1CCCN1C(=O)CNC1C[C@@H]2CN(C(=O)N(C)C)C[C@@H]2C1.[C-]#[N+][C@@H]1CCCN1C(=O)CNC1C[C@@H]2CN(C(=O)N(C)C)C[C@@H]2C1. The van der Waals surface area contributed by atoms with Crippen LogP contribution in [0.15, 0.2) is 0 Å². The van der Waals surface area contributed by atoms with Crippen molar-refractivity contribution in [3.05, 3.63) is 22.8 Å². The number of likely N-dealkylation sites (tertiary alicyclic amines) is 4. The lowest BCUT2D eigenvalue weighted by Crippen LogP contribution is -2.43. The summed E-state index contributed by atoms with van der Waals surface area (Å²) >= 11 is 0. The van der Waals surface area contributed by atoms with Crippen molar-refractivity contribution < 1.29 is 37.1 Å². The molecule has 2 saturated carbocycles. The fraction of sp³-hybridized carbons (Fsp3) is 0.806. The van der Waals surface area contributed by atoms with Gasteiger partial charge in [-0.2, -0.15) is 13.2 Å². The van der Waals surface area contributed by atoms with Crippen LogP contribution in [-0.2, 0) is 14.4 Å². The van der Waals surface area contributed by atoms with E-state index in [1.165, 1.54) is 0 Å². The van der Waals surface area contributed by atoms with Crippen molar-refractivity contribution >= 4 is 30.2 Å². The molecule has 2 aliphatic carbocycles. The molecule has 4 saturated heterocycles. The van der Waals surface area contributed by atoms with E-state index in [0.29, 0.717) is 61.9 Å². The molecule has 6 aliphatic rings. The average Bonchev–Trinajstić information content (AvgIpc) is 3.97. The van der Waals surface area contributed by atoms with Crippen molar-refractivity contribution in [1.29, 1.82) is 0 Å². The van der Waals surface area contributed by atoms with E-state index < -0.39 is 12.5 Å². The molecule has 6 fully saturated rings. The number of fused-ring (bicyclic) bond motifs is 2. The second kappa shape index (κ2) is 18.9. The van der Waals surface area contributed by atoms with E-state index >= 15 is 0 Å². The lowest BCUT2D eigenvalue weighted by Gasteiger charge is -2.23. The van der Waals surface area contributed by atoms with Gasteiger partial charge in [-0.05, 0) is 62.2 Å². The second-order valence-corrected chi connectivity index (χ2v) is 15.6. The Hall–Kier alpha value is -4.16. The monoisotopic (exact) mass is 764 g/mol. The summed E-state index contributed by atoms with van der Waals surface area (Å²) in [6.45, 7) is 19.8. The first-order valence-corrected chi connectivity index (χ1v) is 18.8. The van der Waals surface area contributed by atoms with Crippen LogP contribution >= 0.6 is 0 Å². The van der Waals surface area contributed by atoms with Crippen LogP contribution in [0.1, 0.15) is 51.4 Å². The third-order valence-corrected chi connectivity index (χ3v) is 11.4. The molecule has 18 heteroatoms. The molecule has 4 aliphatic heterocycles. The summed E-state index contributed by atoms with van der Waals surface area (Å²) in [5.41, 5.74) is 0. The molecule has 8 atom stereocenters. The molecule has 6 rings (SSSR count). The van der Waals surface area contributed by atoms with E-state index in [2.05, 4.69) is 20.3 Å². The number of amides is 6. The lowest BCUT2D eigenvalue weighted by molar-refractivity contribution is -0.156. The Morgan fingerprint density at radius 2 is 1.00 bits per heavy atom. The van der Waals surface area contributed by atoms with E-state index in [1.807, 2.05) is 9.80 Å². The van der Waals surface area contributed by atoms with Crippen molar-refractivity contribution in [2.75, 3.05) is 80.5 Å². The van der Waals surface area contributed by atoms with Gasteiger partial charge in [0.05, 0.1) is 13.1 Å². The molecule has 6 amide bonds. The number of carbonyl (C=O) groups is 5. The summed E-state index contributed by atoms with van der Waals surface area (Å²) in [7, 11) is 7.17. The van der Waals surface area contributed by atoms with E-state index in [9.17, 15) is 32.3 Å². The molecule has 2 N–H and O–H groups in total. The normalized spacial score (nSPS) is 29.6. The van der Waals surface area contributed by atoms with Crippen molar-refractivity contribution in [1.82, 2.24) is 40.0 Å². The van der Waals surface area contributed by atoms with E-state index in [1.54, 1.807) is 47.8 Å². The van der Waals surface area contributed by atoms with Crippen molar-refractivity contribution in [3.63, 3.8) is 0 Å². The number of urea groups is 2. The maximum atomic E-state index is 12.3. The summed E-state index contributed by atoms with van der Waals surface area (Å²) in [6, 6.07) is 0.913. The molecule has 300 valence electrons. The van der Waals surface area contributed by atoms with Gasteiger partial charge in [-0.3, -0.25) is 33.9 Å². The molecule has 0 spiro atoms. The minimum atomic E-state index is -4.64. The number of hydrogen-bond donors (Lipinski definition) is 2. The summed E-state index contributed by atoms with van der Waals surface area (Å²) < 4.78 is 31.2. The van der Waals surface area contributed by atoms with Crippen molar-refractivity contribution in [2.45, 2.75) is 82.0 Å². The van der Waals surface area contributed by atoms with Gasteiger partial charge in [-0.25, -0.2) is 22.7 Å². The Kier molecular flexibility index (Phi) is 14.9. The minimum Gasteiger partial charge on any atom is -0.331 e. The van der Waals surface area contributed by atoms with Crippen LogP contribution in [0.2, 0.25) is 0 Å². The summed E-state index contributed by atoms with van der Waals surface area (Å²) in [5.74, 6) is 2.28. The van der Waals surface area contributed by atoms with Crippen LogP contribution in [0.25, 0.3) is 9.69 Å². The number of hydrogen-bond acceptors (Lipinski definition) is 7. The summed E-state index contributed by atoms with van der Waals surface area (Å²) in [4.78, 5) is 75.1. The highest BCUT2D eigenvalue weighted by molar-refractivity contribution is 5.79. The van der Waals surface area contributed by atoms with Gasteiger partial charge in [0.25, 0.3) is 0 Å². The van der Waals surface area contributed by atoms with Crippen LogP contribution in [0, 0.1) is 36.8 Å². The molecule has 0 radical (unpaired) electrons. The number of aldehydes is 1. The summed E-state index contributed by atoms with van der Waals surface area (Å²) in [5, 5.41) is 6.78. The van der Waals surface area contributed by atoms with Gasteiger partial charge in [-0.1, -0.05) is 0 Å². The molecule has 2 unspecified atom stereocenters. The summed E-state index contributed by atoms with van der Waals surface area (Å²) in [6.07, 6.45) is 1.38. The number of nitrogens with zero attached hydrogens (tertiary/aromatic N) is 8. The average molecular weight is 765 g/mol. The zero-order valence-corrected chi connectivity index (χ0v) is 31.8.